The fourth-order valence-corrected chi connectivity index (χ4v) is 2.29. The summed E-state index contributed by atoms with van der Waals surface area (Å²) in [7, 11) is 1.32. The predicted octanol–water partition coefficient (Wildman–Crippen LogP) is 3.06. The van der Waals surface area contributed by atoms with Gasteiger partial charge in [0.05, 0.1) is 30.8 Å². The van der Waals surface area contributed by atoms with Crippen LogP contribution in [0.2, 0.25) is 0 Å². The Morgan fingerprint density at radius 1 is 1.25 bits per heavy atom. The van der Waals surface area contributed by atoms with Gasteiger partial charge in [0.25, 0.3) is 0 Å². The summed E-state index contributed by atoms with van der Waals surface area (Å²) in [5, 5.41) is 10.00. The number of halogens is 1. The number of methoxy groups -OCH3 is 1. The molecule has 0 spiro atoms. The molecule has 122 valence electrons. The second-order valence-electron chi connectivity index (χ2n) is 5.11. The van der Waals surface area contributed by atoms with Gasteiger partial charge in [-0.15, -0.1) is 0 Å². The lowest BCUT2D eigenvalue weighted by atomic mass is 10.1. The lowest BCUT2D eigenvalue weighted by Gasteiger charge is -2.10. The molecule has 1 aromatic carbocycles. The highest BCUT2D eigenvalue weighted by Crippen LogP contribution is 2.23. The van der Waals surface area contributed by atoms with E-state index in [0.717, 1.165) is 11.1 Å². The van der Waals surface area contributed by atoms with E-state index >= 15 is 0 Å². The number of benzene rings is 1. The predicted molar refractivity (Wildman–Crippen MR) is 86.7 cm³/mol. The summed E-state index contributed by atoms with van der Waals surface area (Å²) in [6, 6.07) is 7.84. The molecule has 2 N–H and O–H groups in total. The smallest absolute Gasteiger partial charge is 0.340 e. The number of ether oxygens (including phenoxy) is 1. The zero-order valence-corrected chi connectivity index (χ0v) is 12.9. The van der Waals surface area contributed by atoms with E-state index in [-0.39, 0.29) is 5.82 Å². The Morgan fingerprint density at radius 2 is 2.04 bits per heavy atom. The number of esters is 1. The number of aromatic nitrogens is 3. The second-order valence-corrected chi connectivity index (χ2v) is 5.11. The number of carbonyl (C=O) groups excluding carboxylic acids is 1. The fraction of sp³-hybridized carbons (Fsp3) is 0.118. The molecule has 0 unspecified atom stereocenters. The SMILES string of the molecule is COC(=O)c1ccncc1Nc1[nH]ncc1Cc1ccc(F)cc1. The molecule has 2 heterocycles. The Hall–Kier alpha value is -3.22. The fourth-order valence-electron chi connectivity index (χ4n) is 2.29. The van der Waals surface area contributed by atoms with Crippen molar-refractivity contribution in [2.45, 2.75) is 6.42 Å². The molecule has 2 aromatic heterocycles. The maximum Gasteiger partial charge on any atom is 0.340 e. The van der Waals surface area contributed by atoms with Crippen LogP contribution in [0.4, 0.5) is 15.9 Å². The van der Waals surface area contributed by atoms with Crippen LogP contribution in [-0.2, 0) is 11.2 Å². The molecule has 0 radical (unpaired) electrons. The number of pyridine rings is 1. The maximum atomic E-state index is 13.0. The zero-order chi connectivity index (χ0) is 16.9. The van der Waals surface area contributed by atoms with Crippen LogP contribution in [0.5, 0.6) is 0 Å². The second kappa shape index (κ2) is 6.91. The molecule has 0 aliphatic rings. The molecular weight excluding hydrogens is 311 g/mol. The number of hydrogen-bond acceptors (Lipinski definition) is 5. The first-order chi connectivity index (χ1) is 11.7. The van der Waals surface area contributed by atoms with Gasteiger partial charge in [-0.25, -0.2) is 9.18 Å². The molecule has 7 heteroatoms. The van der Waals surface area contributed by atoms with Gasteiger partial charge in [0, 0.05) is 18.2 Å². The average molecular weight is 326 g/mol. The number of nitrogens with zero attached hydrogens (tertiary/aromatic N) is 2. The Balaban J connectivity index is 1.84. The Bertz CT molecular complexity index is 846. The molecular formula is C17H15FN4O2. The first-order valence-corrected chi connectivity index (χ1v) is 7.23. The minimum Gasteiger partial charge on any atom is -0.465 e. The maximum absolute atomic E-state index is 13.0. The molecule has 0 fully saturated rings. The number of anilines is 2. The molecule has 0 saturated heterocycles. The third kappa shape index (κ3) is 3.40. The first-order valence-electron chi connectivity index (χ1n) is 7.23. The summed E-state index contributed by atoms with van der Waals surface area (Å²) in [5.74, 6) is -0.0978. The van der Waals surface area contributed by atoms with Crippen molar-refractivity contribution in [1.29, 1.82) is 0 Å². The van der Waals surface area contributed by atoms with Crippen LogP contribution in [0.15, 0.2) is 48.9 Å². The summed E-state index contributed by atoms with van der Waals surface area (Å²) < 4.78 is 17.8. The Morgan fingerprint density at radius 3 is 2.79 bits per heavy atom. The molecule has 0 atom stereocenters. The van der Waals surface area contributed by atoms with Gasteiger partial charge in [0.2, 0.25) is 0 Å². The highest BCUT2D eigenvalue weighted by atomic mass is 19.1. The van der Waals surface area contributed by atoms with E-state index in [9.17, 15) is 9.18 Å². The van der Waals surface area contributed by atoms with Crippen molar-refractivity contribution < 1.29 is 13.9 Å². The highest BCUT2D eigenvalue weighted by molar-refractivity contribution is 5.96. The van der Waals surface area contributed by atoms with Crippen LogP contribution in [-0.4, -0.2) is 28.3 Å². The molecule has 24 heavy (non-hydrogen) atoms. The lowest BCUT2D eigenvalue weighted by Crippen LogP contribution is -2.07. The number of carbonyl (C=O) groups is 1. The zero-order valence-electron chi connectivity index (χ0n) is 12.9. The van der Waals surface area contributed by atoms with Crippen molar-refractivity contribution in [3.8, 4) is 0 Å². The van der Waals surface area contributed by atoms with Crippen molar-refractivity contribution in [1.82, 2.24) is 15.2 Å². The highest BCUT2D eigenvalue weighted by Gasteiger charge is 2.14. The molecule has 0 aliphatic heterocycles. The van der Waals surface area contributed by atoms with E-state index in [4.69, 9.17) is 4.74 Å². The Labute approximate surface area is 137 Å². The summed E-state index contributed by atoms with van der Waals surface area (Å²) >= 11 is 0. The van der Waals surface area contributed by atoms with Crippen LogP contribution >= 0.6 is 0 Å². The van der Waals surface area contributed by atoms with E-state index in [1.165, 1.54) is 31.6 Å². The summed E-state index contributed by atoms with van der Waals surface area (Å²) in [5.41, 5.74) is 2.70. The van der Waals surface area contributed by atoms with Crippen molar-refractivity contribution in [3.05, 3.63) is 71.4 Å². The van der Waals surface area contributed by atoms with Gasteiger partial charge in [0.15, 0.2) is 0 Å². The van der Waals surface area contributed by atoms with Crippen LogP contribution in [0.1, 0.15) is 21.5 Å². The molecule has 0 bridgehead atoms. The van der Waals surface area contributed by atoms with E-state index in [1.807, 2.05) is 0 Å². The van der Waals surface area contributed by atoms with E-state index in [1.54, 1.807) is 24.4 Å². The molecule has 0 aliphatic carbocycles. The summed E-state index contributed by atoms with van der Waals surface area (Å²) in [4.78, 5) is 15.8. The van der Waals surface area contributed by atoms with Crippen molar-refractivity contribution >= 4 is 17.5 Å². The molecule has 3 rings (SSSR count). The average Bonchev–Trinajstić information content (AvgIpc) is 3.03. The van der Waals surface area contributed by atoms with Crippen LogP contribution in [0.3, 0.4) is 0 Å². The molecule has 6 nitrogen and oxygen atoms in total. The summed E-state index contributed by atoms with van der Waals surface area (Å²) in [6.45, 7) is 0. The number of aromatic amines is 1. The van der Waals surface area contributed by atoms with Crippen molar-refractivity contribution in [3.63, 3.8) is 0 Å². The third-order valence-electron chi connectivity index (χ3n) is 3.51. The van der Waals surface area contributed by atoms with Crippen LogP contribution in [0.25, 0.3) is 0 Å². The minimum atomic E-state index is -0.459. The molecule has 0 saturated carbocycles. The number of nitrogens with one attached hydrogen (secondary N) is 2. The van der Waals surface area contributed by atoms with Gasteiger partial charge < -0.3 is 10.1 Å². The van der Waals surface area contributed by atoms with E-state index < -0.39 is 5.97 Å². The number of H-pyrrole nitrogens is 1. The summed E-state index contributed by atoms with van der Waals surface area (Å²) in [6.07, 6.45) is 5.30. The monoisotopic (exact) mass is 326 g/mol. The van der Waals surface area contributed by atoms with Crippen molar-refractivity contribution in [2.24, 2.45) is 0 Å². The van der Waals surface area contributed by atoms with Crippen molar-refractivity contribution in [2.75, 3.05) is 12.4 Å². The van der Waals surface area contributed by atoms with Gasteiger partial charge in [-0.05, 0) is 23.8 Å². The van der Waals surface area contributed by atoms with Gasteiger partial charge in [0.1, 0.15) is 11.6 Å². The first kappa shape index (κ1) is 15.7. The van der Waals surface area contributed by atoms with Gasteiger partial charge in [-0.2, -0.15) is 5.10 Å². The normalized spacial score (nSPS) is 10.4. The van der Waals surface area contributed by atoms with Gasteiger partial charge >= 0.3 is 5.97 Å². The number of hydrogen-bond donors (Lipinski definition) is 2. The largest absolute Gasteiger partial charge is 0.465 e. The lowest BCUT2D eigenvalue weighted by molar-refractivity contribution is 0.0602. The van der Waals surface area contributed by atoms with Crippen LogP contribution < -0.4 is 5.32 Å². The molecule has 0 amide bonds. The number of rotatable bonds is 5. The van der Waals surface area contributed by atoms with Gasteiger partial charge in [-0.1, -0.05) is 12.1 Å². The topological polar surface area (TPSA) is 79.9 Å². The molecule has 3 aromatic rings. The van der Waals surface area contributed by atoms with E-state index in [0.29, 0.717) is 23.5 Å². The quantitative estimate of drug-likeness (QED) is 0.704. The van der Waals surface area contributed by atoms with Gasteiger partial charge in [-0.3, -0.25) is 10.1 Å². The van der Waals surface area contributed by atoms with E-state index in [2.05, 4.69) is 20.5 Å². The standard InChI is InChI=1S/C17H15FN4O2/c1-24-17(23)14-6-7-19-10-15(14)21-16-12(9-20-22-16)8-11-2-4-13(18)5-3-11/h2-7,9-10H,8H2,1H3,(H2,20,21,22). The minimum absolute atomic E-state index is 0.276. The van der Waals surface area contributed by atoms with Crippen LogP contribution in [0, 0.1) is 5.82 Å². The third-order valence-corrected chi connectivity index (χ3v) is 3.51. The Kier molecular flexibility index (Phi) is 4.51.